The Morgan fingerprint density at radius 2 is 2.11 bits per heavy atom. The fourth-order valence-corrected chi connectivity index (χ4v) is 1.56. The number of nitro benzene ring substituents is 1. The molecule has 0 atom stereocenters. The van der Waals surface area contributed by atoms with Gasteiger partial charge in [-0.15, -0.1) is 0 Å². The molecule has 1 aromatic carbocycles. The van der Waals surface area contributed by atoms with Crippen LogP contribution in [0.4, 0.5) is 11.4 Å². The van der Waals surface area contributed by atoms with E-state index in [9.17, 15) is 10.1 Å². The summed E-state index contributed by atoms with van der Waals surface area (Å²) < 4.78 is 5.33. The number of rotatable bonds is 6. The highest BCUT2D eigenvalue weighted by molar-refractivity contribution is 5.55. The van der Waals surface area contributed by atoms with Gasteiger partial charge in [0.05, 0.1) is 10.5 Å². The second-order valence-electron chi connectivity index (χ2n) is 4.90. The highest BCUT2D eigenvalue weighted by Crippen LogP contribution is 2.21. The lowest BCUT2D eigenvalue weighted by Gasteiger charge is -2.23. The van der Waals surface area contributed by atoms with Crippen LogP contribution in [-0.4, -0.2) is 24.2 Å². The molecular formula is C13H20N2O3. The molecule has 0 aromatic heterocycles. The Morgan fingerprint density at radius 3 is 2.61 bits per heavy atom. The van der Waals surface area contributed by atoms with Crippen molar-refractivity contribution in [3.63, 3.8) is 0 Å². The quantitative estimate of drug-likeness (QED) is 0.624. The van der Waals surface area contributed by atoms with Crippen molar-refractivity contribution in [2.45, 2.75) is 32.8 Å². The summed E-state index contributed by atoms with van der Waals surface area (Å²) in [5.74, 6) is 0. The average Bonchev–Trinajstić information content (AvgIpc) is 2.31. The highest BCUT2D eigenvalue weighted by atomic mass is 16.6. The molecule has 0 saturated heterocycles. The van der Waals surface area contributed by atoms with Crippen LogP contribution in [0.5, 0.6) is 0 Å². The molecule has 5 nitrogen and oxygen atoms in total. The van der Waals surface area contributed by atoms with E-state index in [4.69, 9.17) is 4.74 Å². The maximum atomic E-state index is 10.6. The van der Waals surface area contributed by atoms with Crippen LogP contribution in [0.2, 0.25) is 0 Å². The van der Waals surface area contributed by atoms with Gasteiger partial charge in [0.15, 0.2) is 0 Å². The molecule has 1 rings (SSSR count). The van der Waals surface area contributed by atoms with Gasteiger partial charge in [-0.05, 0) is 38.8 Å². The summed E-state index contributed by atoms with van der Waals surface area (Å²) in [5, 5.41) is 13.9. The maximum absolute atomic E-state index is 10.6. The summed E-state index contributed by atoms with van der Waals surface area (Å²) in [6.07, 6.45) is 0.861. The molecule has 0 amide bonds. The Balaban J connectivity index is 2.61. The molecule has 0 saturated carbocycles. The van der Waals surface area contributed by atoms with Gasteiger partial charge in [-0.3, -0.25) is 10.1 Å². The van der Waals surface area contributed by atoms with E-state index in [1.807, 2.05) is 20.8 Å². The molecular weight excluding hydrogens is 232 g/mol. The van der Waals surface area contributed by atoms with Crippen LogP contribution in [0.25, 0.3) is 0 Å². The van der Waals surface area contributed by atoms with Crippen molar-refractivity contribution in [2.75, 3.05) is 19.0 Å². The SMILES string of the molecule is COC(C)(C)CCNc1ccc([N+](=O)[O-])cc1C. The van der Waals surface area contributed by atoms with Crippen LogP contribution in [0.3, 0.4) is 0 Å². The van der Waals surface area contributed by atoms with E-state index in [0.29, 0.717) is 0 Å². The number of methoxy groups -OCH3 is 1. The van der Waals surface area contributed by atoms with Gasteiger partial charge in [0.2, 0.25) is 0 Å². The number of nitrogens with one attached hydrogen (secondary N) is 1. The van der Waals surface area contributed by atoms with Gasteiger partial charge in [-0.1, -0.05) is 0 Å². The van der Waals surface area contributed by atoms with Crippen molar-refractivity contribution in [3.8, 4) is 0 Å². The van der Waals surface area contributed by atoms with Crippen LogP contribution < -0.4 is 5.32 Å². The Labute approximate surface area is 107 Å². The Kier molecular flexibility index (Phi) is 4.67. The molecule has 1 N–H and O–H groups in total. The van der Waals surface area contributed by atoms with Gasteiger partial charge in [-0.2, -0.15) is 0 Å². The zero-order chi connectivity index (χ0) is 13.8. The monoisotopic (exact) mass is 252 g/mol. The first kappa shape index (κ1) is 14.4. The normalized spacial score (nSPS) is 11.3. The van der Waals surface area contributed by atoms with E-state index < -0.39 is 0 Å². The van der Waals surface area contributed by atoms with Gasteiger partial charge < -0.3 is 10.1 Å². The van der Waals surface area contributed by atoms with E-state index in [1.54, 1.807) is 19.2 Å². The molecule has 0 radical (unpaired) electrons. The molecule has 18 heavy (non-hydrogen) atoms. The number of anilines is 1. The lowest BCUT2D eigenvalue weighted by atomic mass is 10.1. The molecule has 0 bridgehead atoms. The van der Waals surface area contributed by atoms with Gasteiger partial charge in [0.1, 0.15) is 0 Å². The fraction of sp³-hybridized carbons (Fsp3) is 0.538. The summed E-state index contributed by atoms with van der Waals surface area (Å²) in [6, 6.07) is 4.83. The van der Waals surface area contributed by atoms with Crippen molar-refractivity contribution in [2.24, 2.45) is 0 Å². The first-order valence-electron chi connectivity index (χ1n) is 5.90. The van der Waals surface area contributed by atoms with Gasteiger partial charge >= 0.3 is 0 Å². The van der Waals surface area contributed by atoms with Crippen LogP contribution >= 0.6 is 0 Å². The second kappa shape index (κ2) is 5.82. The van der Waals surface area contributed by atoms with E-state index >= 15 is 0 Å². The smallest absolute Gasteiger partial charge is 0.269 e. The second-order valence-corrected chi connectivity index (χ2v) is 4.90. The number of non-ortho nitro benzene ring substituents is 1. The number of nitro groups is 1. The molecule has 0 aliphatic rings. The van der Waals surface area contributed by atoms with Crippen LogP contribution in [0, 0.1) is 17.0 Å². The zero-order valence-electron chi connectivity index (χ0n) is 11.3. The van der Waals surface area contributed by atoms with E-state index in [0.717, 1.165) is 24.2 Å². The number of hydrogen-bond acceptors (Lipinski definition) is 4. The van der Waals surface area contributed by atoms with Crippen LogP contribution in [0.1, 0.15) is 25.8 Å². The topological polar surface area (TPSA) is 64.4 Å². The number of nitrogens with zero attached hydrogens (tertiary/aromatic N) is 1. The standard InChI is InChI=1S/C13H20N2O3/c1-10-9-11(15(16)17)5-6-12(10)14-8-7-13(2,3)18-4/h5-6,9,14H,7-8H2,1-4H3. The Hall–Kier alpha value is -1.62. The Morgan fingerprint density at radius 1 is 1.44 bits per heavy atom. The lowest BCUT2D eigenvalue weighted by Crippen LogP contribution is -2.25. The summed E-state index contributed by atoms with van der Waals surface area (Å²) in [4.78, 5) is 10.2. The number of ether oxygens (including phenoxy) is 1. The minimum atomic E-state index is -0.384. The Bertz CT molecular complexity index is 430. The van der Waals surface area contributed by atoms with Gasteiger partial charge in [-0.25, -0.2) is 0 Å². The summed E-state index contributed by atoms with van der Waals surface area (Å²) in [7, 11) is 1.69. The molecule has 0 fully saturated rings. The van der Waals surface area contributed by atoms with Crippen molar-refractivity contribution in [1.82, 2.24) is 0 Å². The first-order chi connectivity index (χ1) is 8.35. The highest BCUT2D eigenvalue weighted by Gasteiger charge is 2.15. The summed E-state index contributed by atoms with van der Waals surface area (Å²) in [5.41, 5.74) is 1.75. The number of aryl methyl sites for hydroxylation is 1. The first-order valence-corrected chi connectivity index (χ1v) is 5.90. The number of hydrogen-bond donors (Lipinski definition) is 1. The molecule has 0 aliphatic heterocycles. The minimum absolute atomic E-state index is 0.121. The van der Waals surface area contributed by atoms with Gasteiger partial charge in [0.25, 0.3) is 5.69 Å². The zero-order valence-corrected chi connectivity index (χ0v) is 11.3. The lowest BCUT2D eigenvalue weighted by molar-refractivity contribution is -0.384. The third-order valence-corrected chi connectivity index (χ3v) is 3.02. The summed E-state index contributed by atoms with van der Waals surface area (Å²) in [6.45, 7) is 6.67. The summed E-state index contributed by atoms with van der Waals surface area (Å²) >= 11 is 0. The molecule has 100 valence electrons. The van der Waals surface area contributed by atoms with Crippen molar-refractivity contribution in [1.29, 1.82) is 0 Å². The third kappa shape index (κ3) is 4.00. The number of benzene rings is 1. The molecule has 0 unspecified atom stereocenters. The molecule has 1 aromatic rings. The third-order valence-electron chi connectivity index (χ3n) is 3.02. The molecule has 0 aliphatic carbocycles. The van der Waals surface area contributed by atoms with Crippen molar-refractivity contribution < 1.29 is 9.66 Å². The molecule has 0 heterocycles. The largest absolute Gasteiger partial charge is 0.385 e. The van der Waals surface area contributed by atoms with Crippen LogP contribution in [0.15, 0.2) is 18.2 Å². The molecule has 0 spiro atoms. The average molecular weight is 252 g/mol. The molecule has 5 heteroatoms. The van der Waals surface area contributed by atoms with E-state index in [2.05, 4.69) is 5.32 Å². The van der Waals surface area contributed by atoms with Crippen molar-refractivity contribution in [3.05, 3.63) is 33.9 Å². The van der Waals surface area contributed by atoms with Gasteiger partial charge in [0, 0.05) is 31.5 Å². The predicted octanol–water partition coefficient (Wildman–Crippen LogP) is 3.13. The van der Waals surface area contributed by atoms with Crippen molar-refractivity contribution >= 4 is 11.4 Å². The fourth-order valence-electron chi connectivity index (χ4n) is 1.56. The minimum Gasteiger partial charge on any atom is -0.385 e. The maximum Gasteiger partial charge on any atom is 0.269 e. The van der Waals surface area contributed by atoms with E-state index in [1.165, 1.54) is 6.07 Å². The van der Waals surface area contributed by atoms with Crippen LogP contribution in [-0.2, 0) is 4.74 Å². The van der Waals surface area contributed by atoms with E-state index in [-0.39, 0.29) is 16.2 Å². The predicted molar refractivity (Wildman–Crippen MR) is 72.0 cm³/mol.